The van der Waals surface area contributed by atoms with Crippen LogP contribution in [0.15, 0.2) is 18.2 Å². The Labute approximate surface area is 117 Å². The molecule has 0 aliphatic heterocycles. The SMILES string of the molecule is COc1cccc(C(=O)N[C@@H](C(=O)O)C(C)(C)C)c1O. The molecule has 0 fully saturated rings. The first-order valence-electron chi connectivity index (χ1n) is 6.08. The molecule has 0 spiro atoms. The summed E-state index contributed by atoms with van der Waals surface area (Å²) in [5, 5.41) is 21.5. The highest BCUT2D eigenvalue weighted by molar-refractivity contribution is 5.99. The lowest BCUT2D eigenvalue weighted by molar-refractivity contribution is -0.142. The van der Waals surface area contributed by atoms with Crippen molar-refractivity contribution >= 4 is 11.9 Å². The fraction of sp³-hybridized carbons (Fsp3) is 0.429. The summed E-state index contributed by atoms with van der Waals surface area (Å²) < 4.78 is 4.91. The highest BCUT2D eigenvalue weighted by Gasteiger charge is 2.33. The number of carboxylic acid groups (broad SMARTS) is 1. The largest absolute Gasteiger partial charge is 0.504 e. The molecule has 0 saturated heterocycles. The zero-order valence-electron chi connectivity index (χ0n) is 11.9. The van der Waals surface area contributed by atoms with Crippen molar-refractivity contribution in [2.45, 2.75) is 26.8 Å². The van der Waals surface area contributed by atoms with Gasteiger partial charge in [0, 0.05) is 0 Å². The predicted octanol–water partition coefficient (Wildman–Crippen LogP) is 1.63. The van der Waals surface area contributed by atoms with Crippen LogP contribution in [0.25, 0.3) is 0 Å². The number of phenols is 1. The molecule has 1 rings (SSSR count). The van der Waals surface area contributed by atoms with Crippen LogP contribution >= 0.6 is 0 Å². The highest BCUT2D eigenvalue weighted by Crippen LogP contribution is 2.29. The number of phenolic OH excluding ortho intramolecular Hbond substituents is 1. The van der Waals surface area contributed by atoms with Crippen LogP contribution in [0.3, 0.4) is 0 Å². The molecule has 0 aliphatic rings. The molecule has 1 atom stereocenters. The molecule has 0 saturated carbocycles. The fourth-order valence-electron chi connectivity index (χ4n) is 1.73. The van der Waals surface area contributed by atoms with Crippen molar-refractivity contribution in [2.24, 2.45) is 5.41 Å². The van der Waals surface area contributed by atoms with Gasteiger partial charge in [-0.05, 0) is 17.5 Å². The molecule has 0 radical (unpaired) electrons. The van der Waals surface area contributed by atoms with Crippen molar-refractivity contribution < 1.29 is 24.5 Å². The van der Waals surface area contributed by atoms with Crippen LogP contribution in [0.1, 0.15) is 31.1 Å². The van der Waals surface area contributed by atoms with Crippen molar-refractivity contribution in [1.29, 1.82) is 0 Å². The van der Waals surface area contributed by atoms with Crippen LogP contribution in [-0.4, -0.2) is 35.2 Å². The Morgan fingerprint density at radius 3 is 2.35 bits per heavy atom. The average Bonchev–Trinajstić information content (AvgIpc) is 2.34. The number of benzene rings is 1. The van der Waals surface area contributed by atoms with Gasteiger partial charge in [0.15, 0.2) is 11.5 Å². The molecular weight excluding hydrogens is 262 g/mol. The molecule has 0 aliphatic carbocycles. The number of rotatable bonds is 4. The van der Waals surface area contributed by atoms with Crippen molar-refractivity contribution in [3.8, 4) is 11.5 Å². The normalized spacial score (nSPS) is 12.6. The number of hydrogen-bond donors (Lipinski definition) is 3. The molecule has 0 heterocycles. The van der Waals surface area contributed by atoms with E-state index in [-0.39, 0.29) is 17.1 Å². The molecule has 1 aromatic carbocycles. The van der Waals surface area contributed by atoms with E-state index in [4.69, 9.17) is 4.74 Å². The number of amides is 1. The van der Waals surface area contributed by atoms with E-state index >= 15 is 0 Å². The van der Waals surface area contributed by atoms with E-state index < -0.39 is 23.3 Å². The number of carbonyl (C=O) groups excluding carboxylic acids is 1. The van der Waals surface area contributed by atoms with E-state index in [9.17, 15) is 19.8 Å². The van der Waals surface area contributed by atoms with Gasteiger partial charge in [-0.1, -0.05) is 26.8 Å². The second-order valence-electron chi connectivity index (χ2n) is 5.47. The Hall–Kier alpha value is -2.24. The summed E-state index contributed by atoms with van der Waals surface area (Å²) in [6.07, 6.45) is 0. The molecule has 0 unspecified atom stereocenters. The molecule has 20 heavy (non-hydrogen) atoms. The molecule has 1 amide bonds. The molecular formula is C14H19NO5. The van der Waals surface area contributed by atoms with Crippen LogP contribution in [-0.2, 0) is 4.79 Å². The van der Waals surface area contributed by atoms with Crippen molar-refractivity contribution in [1.82, 2.24) is 5.32 Å². The summed E-state index contributed by atoms with van der Waals surface area (Å²) in [7, 11) is 1.37. The van der Waals surface area contributed by atoms with Crippen LogP contribution < -0.4 is 10.1 Å². The second kappa shape index (κ2) is 5.81. The zero-order chi connectivity index (χ0) is 15.5. The summed E-state index contributed by atoms with van der Waals surface area (Å²) in [6, 6.07) is 3.38. The van der Waals surface area contributed by atoms with E-state index in [1.807, 2.05) is 0 Å². The van der Waals surface area contributed by atoms with Crippen molar-refractivity contribution in [2.75, 3.05) is 7.11 Å². The number of aromatic hydroxyl groups is 1. The minimum absolute atomic E-state index is 0.0279. The van der Waals surface area contributed by atoms with Crippen LogP contribution in [0.2, 0.25) is 0 Å². The van der Waals surface area contributed by atoms with Crippen LogP contribution in [0.4, 0.5) is 0 Å². The first-order valence-corrected chi connectivity index (χ1v) is 6.08. The third-order valence-corrected chi connectivity index (χ3v) is 2.85. The van der Waals surface area contributed by atoms with Gasteiger partial charge in [0.1, 0.15) is 6.04 Å². The van der Waals surface area contributed by atoms with Gasteiger partial charge < -0.3 is 20.3 Å². The Balaban J connectivity index is 3.05. The topological polar surface area (TPSA) is 95.9 Å². The quantitative estimate of drug-likeness (QED) is 0.779. The smallest absolute Gasteiger partial charge is 0.326 e. The van der Waals surface area contributed by atoms with Crippen molar-refractivity contribution in [3.63, 3.8) is 0 Å². The van der Waals surface area contributed by atoms with Gasteiger partial charge in [0.25, 0.3) is 5.91 Å². The fourth-order valence-corrected chi connectivity index (χ4v) is 1.73. The van der Waals surface area contributed by atoms with Gasteiger partial charge in [-0.25, -0.2) is 4.79 Å². The second-order valence-corrected chi connectivity index (χ2v) is 5.47. The zero-order valence-corrected chi connectivity index (χ0v) is 11.9. The average molecular weight is 281 g/mol. The van der Waals surface area contributed by atoms with Gasteiger partial charge >= 0.3 is 5.97 Å². The van der Waals surface area contributed by atoms with Crippen molar-refractivity contribution in [3.05, 3.63) is 23.8 Å². The molecule has 0 aromatic heterocycles. The number of hydrogen-bond acceptors (Lipinski definition) is 4. The maximum absolute atomic E-state index is 12.1. The summed E-state index contributed by atoms with van der Waals surface area (Å²) >= 11 is 0. The lowest BCUT2D eigenvalue weighted by Crippen LogP contribution is -2.49. The van der Waals surface area contributed by atoms with E-state index in [2.05, 4.69) is 5.32 Å². The molecule has 3 N–H and O–H groups in total. The van der Waals surface area contributed by atoms with Crippen LogP contribution in [0, 0.1) is 5.41 Å². The number of carbonyl (C=O) groups is 2. The minimum atomic E-state index is -1.13. The van der Waals surface area contributed by atoms with E-state index in [0.717, 1.165) is 0 Å². The van der Waals surface area contributed by atoms with Gasteiger partial charge in [-0.15, -0.1) is 0 Å². The van der Waals surface area contributed by atoms with Gasteiger partial charge in [0.2, 0.25) is 0 Å². The summed E-state index contributed by atoms with van der Waals surface area (Å²) in [5.74, 6) is -1.96. The Kier molecular flexibility index (Phi) is 4.60. The molecule has 110 valence electrons. The lowest BCUT2D eigenvalue weighted by atomic mass is 9.86. The summed E-state index contributed by atoms with van der Waals surface area (Å²) in [5.41, 5.74) is -0.685. The summed E-state index contributed by atoms with van der Waals surface area (Å²) in [4.78, 5) is 23.3. The highest BCUT2D eigenvalue weighted by atomic mass is 16.5. The Bertz CT molecular complexity index is 519. The Morgan fingerprint density at radius 2 is 1.90 bits per heavy atom. The lowest BCUT2D eigenvalue weighted by Gasteiger charge is -2.27. The van der Waals surface area contributed by atoms with Gasteiger partial charge in [-0.3, -0.25) is 4.79 Å². The number of aliphatic carboxylic acids is 1. The number of ether oxygens (including phenoxy) is 1. The first-order chi connectivity index (χ1) is 9.18. The third-order valence-electron chi connectivity index (χ3n) is 2.85. The predicted molar refractivity (Wildman–Crippen MR) is 73.0 cm³/mol. The van der Waals surface area contributed by atoms with E-state index in [0.29, 0.717) is 0 Å². The first kappa shape index (κ1) is 15.8. The third kappa shape index (κ3) is 3.40. The minimum Gasteiger partial charge on any atom is -0.504 e. The number of nitrogens with one attached hydrogen (secondary N) is 1. The number of carboxylic acids is 1. The number of para-hydroxylation sites is 1. The monoisotopic (exact) mass is 281 g/mol. The van der Waals surface area contributed by atoms with Crippen LogP contribution in [0.5, 0.6) is 11.5 Å². The van der Waals surface area contributed by atoms with E-state index in [1.165, 1.54) is 19.2 Å². The maximum atomic E-state index is 12.1. The van der Waals surface area contributed by atoms with Gasteiger partial charge in [0.05, 0.1) is 12.7 Å². The number of methoxy groups -OCH3 is 1. The molecule has 0 bridgehead atoms. The van der Waals surface area contributed by atoms with Gasteiger partial charge in [-0.2, -0.15) is 0 Å². The molecule has 6 nitrogen and oxygen atoms in total. The molecule has 1 aromatic rings. The summed E-state index contributed by atoms with van der Waals surface area (Å²) in [6.45, 7) is 5.12. The molecule has 6 heteroatoms. The standard InChI is InChI=1S/C14H19NO5/c1-14(2,3)11(13(18)19)15-12(17)8-6-5-7-9(20-4)10(8)16/h5-7,11,16H,1-4H3,(H,15,17)(H,18,19)/t11-/m0/s1. The maximum Gasteiger partial charge on any atom is 0.326 e. The van der Waals surface area contributed by atoms with E-state index in [1.54, 1.807) is 26.8 Å². The Morgan fingerprint density at radius 1 is 1.30 bits per heavy atom.